The van der Waals surface area contributed by atoms with Gasteiger partial charge in [-0.2, -0.15) is 5.26 Å². The molecule has 1 unspecified atom stereocenters. The fourth-order valence-corrected chi connectivity index (χ4v) is 3.54. The minimum atomic E-state index is -0.512. The normalized spacial score (nSPS) is 15.3. The van der Waals surface area contributed by atoms with Crippen LogP contribution in [0.25, 0.3) is 11.3 Å². The Morgan fingerprint density at radius 1 is 1.28 bits per heavy atom. The maximum absolute atomic E-state index is 11.6. The van der Waals surface area contributed by atoms with Crippen LogP contribution in [-0.2, 0) is 4.79 Å². The highest BCUT2D eigenvalue weighted by molar-refractivity contribution is 5.77. The first-order valence-corrected chi connectivity index (χ1v) is 10.2. The second-order valence-corrected chi connectivity index (χ2v) is 7.43. The number of hydrogen-bond acceptors (Lipinski definition) is 8. The van der Waals surface area contributed by atoms with Crippen LogP contribution in [0.2, 0.25) is 0 Å². The maximum atomic E-state index is 11.6. The number of rotatable bonds is 6. The first kappa shape index (κ1) is 21.2. The van der Waals surface area contributed by atoms with Crippen molar-refractivity contribution in [1.82, 2.24) is 19.9 Å². The molecule has 162 valence electrons. The van der Waals surface area contributed by atoms with Crippen LogP contribution in [0.15, 0.2) is 48.8 Å². The Bertz CT molecular complexity index is 1180. The van der Waals surface area contributed by atoms with E-state index in [0.29, 0.717) is 42.5 Å². The Hall–Kier alpha value is -4.03. The van der Waals surface area contributed by atoms with Crippen LogP contribution in [0.5, 0.6) is 5.75 Å². The van der Waals surface area contributed by atoms with Gasteiger partial charge < -0.3 is 20.1 Å². The summed E-state index contributed by atoms with van der Waals surface area (Å²) in [6.07, 6.45) is 3.79. The molecule has 1 aliphatic heterocycles. The minimum Gasteiger partial charge on any atom is -0.487 e. The molecule has 0 aliphatic carbocycles. The number of nitrogens with zero attached hydrogens (tertiary/aromatic N) is 5. The van der Waals surface area contributed by atoms with Gasteiger partial charge in [0.25, 0.3) is 0 Å². The Kier molecular flexibility index (Phi) is 6.24. The van der Waals surface area contributed by atoms with E-state index in [1.165, 1.54) is 0 Å². The van der Waals surface area contributed by atoms with Crippen molar-refractivity contribution in [2.45, 2.75) is 19.4 Å². The van der Waals surface area contributed by atoms with Crippen molar-refractivity contribution in [3.8, 4) is 23.1 Å². The molecule has 1 aromatic carbocycles. The Morgan fingerprint density at radius 3 is 2.91 bits per heavy atom. The van der Waals surface area contributed by atoms with E-state index in [2.05, 4.69) is 26.3 Å². The molecule has 3 heterocycles. The third-order valence-electron chi connectivity index (χ3n) is 5.13. The minimum absolute atomic E-state index is 0.220. The van der Waals surface area contributed by atoms with Crippen molar-refractivity contribution in [2.75, 3.05) is 25.0 Å². The van der Waals surface area contributed by atoms with Crippen LogP contribution in [0.4, 0.5) is 11.6 Å². The fourth-order valence-electron chi connectivity index (χ4n) is 3.54. The van der Waals surface area contributed by atoms with E-state index < -0.39 is 6.61 Å². The number of hydrogen-bond donors (Lipinski definition) is 2. The zero-order valence-electron chi connectivity index (χ0n) is 17.5. The van der Waals surface area contributed by atoms with Crippen LogP contribution in [0.3, 0.4) is 0 Å². The summed E-state index contributed by atoms with van der Waals surface area (Å²) in [4.78, 5) is 26.2. The standard InChI is InChI=1S/C23H22N6O3/c1-15-10-18(4-7-25-15)27-23-26-8-5-20(28-23)16-2-3-21(17(11-16)12-24)32-19-6-9-29(13-19)22(31)14-30/h2-5,7-8,10-11,19,30H,6,9,13-14H2,1H3,(H,25,26,27,28). The van der Waals surface area contributed by atoms with Gasteiger partial charge in [-0.05, 0) is 43.3 Å². The highest BCUT2D eigenvalue weighted by Crippen LogP contribution is 2.28. The lowest BCUT2D eigenvalue weighted by molar-refractivity contribution is -0.133. The Labute approximate surface area is 185 Å². The summed E-state index contributed by atoms with van der Waals surface area (Å²) in [5, 5.41) is 21.8. The zero-order valence-corrected chi connectivity index (χ0v) is 17.5. The largest absolute Gasteiger partial charge is 0.487 e. The number of carbonyl (C=O) groups is 1. The molecule has 0 radical (unpaired) electrons. The van der Waals surface area contributed by atoms with Gasteiger partial charge in [0, 0.05) is 42.3 Å². The number of pyridine rings is 1. The van der Waals surface area contributed by atoms with E-state index in [9.17, 15) is 10.1 Å². The van der Waals surface area contributed by atoms with Gasteiger partial charge in [0.2, 0.25) is 11.9 Å². The summed E-state index contributed by atoms with van der Waals surface area (Å²) in [6, 6.07) is 13.0. The third-order valence-corrected chi connectivity index (χ3v) is 5.13. The molecule has 2 N–H and O–H groups in total. The zero-order chi connectivity index (χ0) is 22.5. The van der Waals surface area contributed by atoms with Gasteiger partial charge in [-0.3, -0.25) is 9.78 Å². The number of nitrogens with one attached hydrogen (secondary N) is 1. The lowest BCUT2D eigenvalue weighted by Gasteiger charge is -2.17. The lowest BCUT2D eigenvalue weighted by atomic mass is 10.1. The summed E-state index contributed by atoms with van der Waals surface area (Å²) in [5.41, 5.74) is 3.52. The summed E-state index contributed by atoms with van der Waals surface area (Å²) in [6.45, 7) is 2.31. The molecule has 32 heavy (non-hydrogen) atoms. The molecule has 0 saturated carbocycles. The number of nitriles is 1. The molecule has 0 spiro atoms. The molecule has 1 fully saturated rings. The van der Waals surface area contributed by atoms with Gasteiger partial charge in [-0.25, -0.2) is 9.97 Å². The summed E-state index contributed by atoms with van der Waals surface area (Å²) in [5.74, 6) is 0.577. The Morgan fingerprint density at radius 2 is 2.12 bits per heavy atom. The van der Waals surface area contributed by atoms with Gasteiger partial charge in [0.05, 0.1) is 17.8 Å². The van der Waals surface area contributed by atoms with E-state index in [1.807, 2.05) is 25.1 Å². The maximum Gasteiger partial charge on any atom is 0.248 e. The molecule has 1 saturated heterocycles. The first-order chi connectivity index (χ1) is 15.6. The Balaban J connectivity index is 1.51. The number of carbonyl (C=O) groups excluding carboxylic acids is 1. The van der Waals surface area contributed by atoms with Crippen LogP contribution >= 0.6 is 0 Å². The van der Waals surface area contributed by atoms with E-state index in [1.54, 1.807) is 35.5 Å². The molecular formula is C23H22N6O3. The van der Waals surface area contributed by atoms with Gasteiger partial charge >= 0.3 is 0 Å². The van der Waals surface area contributed by atoms with Gasteiger partial charge in [0.15, 0.2) is 0 Å². The number of aliphatic hydroxyl groups excluding tert-OH is 1. The average molecular weight is 430 g/mol. The van der Waals surface area contributed by atoms with Crippen LogP contribution < -0.4 is 10.1 Å². The van der Waals surface area contributed by atoms with E-state index in [4.69, 9.17) is 9.84 Å². The topological polar surface area (TPSA) is 124 Å². The van der Waals surface area contributed by atoms with Crippen molar-refractivity contribution >= 4 is 17.5 Å². The second kappa shape index (κ2) is 9.41. The summed E-state index contributed by atoms with van der Waals surface area (Å²) in [7, 11) is 0. The van der Waals surface area contributed by atoms with Crippen molar-refractivity contribution in [1.29, 1.82) is 5.26 Å². The predicted molar refractivity (Wildman–Crippen MR) is 117 cm³/mol. The molecule has 1 atom stereocenters. The molecule has 0 bridgehead atoms. The quantitative estimate of drug-likeness (QED) is 0.611. The van der Waals surface area contributed by atoms with Crippen molar-refractivity contribution in [3.05, 3.63) is 60.0 Å². The number of aliphatic hydroxyl groups is 1. The number of aromatic nitrogens is 3. The monoisotopic (exact) mass is 430 g/mol. The molecule has 3 aromatic rings. The summed E-state index contributed by atoms with van der Waals surface area (Å²) < 4.78 is 5.98. The highest BCUT2D eigenvalue weighted by Gasteiger charge is 2.27. The third kappa shape index (κ3) is 4.82. The number of benzene rings is 1. The fraction of sp³-hybridized carbons (Fsp3) is 0.261. The number of anilines is 2. The van der Waals surface area contributed by atoms with Crippen LogP contribution in [-0.4, -0.2) is 56.7 Å². The smallest absolute Gasteiger partial charge is 0.248 e. The molecule has 4 rings (SSSR count). The van der Waals surface area contributed by atoms with E-state index in [0.717, 1.165) is 16.9 Å². The second-order valence-electron chi connectivity index (χ2n) is 7.43. The van der Waals surface area contributed by atoms with E-state index in [-0.39, 0.29) is 12.0 Å². The van der Waals surface area contributed by atoms with Crippen molar-refractivity contribution in [3.63, 3.8) is 0 Å². The van der Waals surface area contributed by atoms with Crippen LogP contribution in [0.1, 0.15) is 17.7 Å². The van der Waals surface area contributed by atoms with Crippen molar-refractivity contribution < 1.29 is 14.6 Å². The predicted octanol–water partition coefficient (Wildman–Crippen LogP) is 2.43. The SMILES string of the molecule is Cc1cc(Nc2nccc(-c3ccc(OC4CCN(C(=O)CO)C4)c(C#N)c3)n2)ccn1. The molecular weight excluding hydrogens is 408 g/mol. The number of amides is 1. The lowest BCUT2D eigenvalue weighted by Crippen LogP contribution is -2.32. The number of ether oxygens (including phenoxy) is 1. The molecule has 2 aromatic heterocycles. The van der Waals surface area contributed by atoms with Crippen LogP contribution in [0, 0.1) is 18.3 Å². The molecule has 9 nitrogen and oxygen atoms in total. The first-order valence-electron chi connectivity index (χ1n) is 10.2. The molecule has 1 amide bonds. The van der Waals surface area contributed by atoms with Crippen molar-refractivity contribution in [2.24, 2.45) is 0 Å². The summed E-state index contributed by atoms with van der Waals surface area (Å²) >= 11 is 0. The number of likely N-dealkylation sites (tertiary alicyclic amines) is 1. The van der Waals surface area contributed by atoms with Gasteiger partial charge in [-0.15, -0.1) is 0 Å². The molecule has 9 heteroatoms. The molecule has 1 aliphatic rings. The highest BCUT2D eigenvalue weighted by atomic mass is 16.5. The van der Waals surface area contributed by atoms with E-state index >= 15 is 0 Å². The number of aryl methyl sites for hydroxylation is 1. The van der Waals surface area contributed by atoms with Gasteiger partial charge in [-0.1, -0.05) is 0 Å². The van der Waals surface area contributed by atoms with Gasteiger partial charge in [0.1, 0.15) is 24.5 Å². The average Bonchev–Trinajstić information content (AvgIpc) is 3.27.